The molecule has 1 N–H and O–H groups in total. The molecule has 0 unspecified atom stereocenters. The number of amides is 1. The van der Waals surface area contributed by atoms with Crippen LogP contribution < -0.4 is 5.32 Å². The molecule has 106 valence electrons. The highest BCUT2D eigenvalue weighted by molar-refractivity contribution is 5.80. The molecule has 0 radical (unpaired) electrons. The Balaban J connectivity index is 2.77. The second kappa shape index (κ2) is 7.13. The smallest absolute Gasteiger partial charge is 0.227 e. The van der Waals surface area contributed by atoms with E-state index in [2.05, 4.69) is 44.8 Å². The third-order valence-corrected chi connectivity index (χ3v) is 4.06. The maximum Gasteiger partial charge on any atom is 0.227 e. The third kappa shape index (κ3) is 3.71. The molecule has 0 aromatic heterocycles. The van der Waals surface area contributed by atoms with Gasteiger partial charge in [-0.25, -0.2) is 0 Å². The Morgan fingerprint density at radius 1 is 1.28 bits per heavy atom. The van der Waals surface area contributed by atoms with Gasteiger partial charge in [-0.05, 0) is 31.2 Å². The van der Waals surface area contributed by atoms with Gasteiger partial charge in [-0.1, -0.05) is 34.6 Å². The molecular weight excluding hydrogens is 224 g/mol. The molecule has 1 fully saturated rings. The van der Waals surface area contributed by atoms with Gasteiger partial charge < -0.3 is 10.2 Å². The standard InChI is InChI=1S/C15H30N2O/c1-6-13(7-2)17(10-11(3)4)15(18)14-9-16-8-12(14)5/h11-14,16H,6-10H2,1-5H3/t12-,14-/m1/s1. The van der Waals surface area contributed by atoms with Crippen LogP contribution in [0.1, 0.15) is 47.5 Å². The van der Waals surface area contributed by atoms with E-state index < -0.39 is 0 Å². The van der Waals surface area contributed by atoms with Crippen molar-refractivity contribution < 1.29 is 4.79 Å². The van der Waals surface area contributed by atoms with E-state index in [1.54, 1.807) is 0 Å². The molecule has 1 rings (SSSR count). The molecule has 1 heterocycles. The fraction of sp³-hybridized carbons (Fsp3) is 0.933. The quantitative estimate of drug-likeness (QED) is 0.790. The highest BCUT2D eigenvalue weighted by atomic mass is 16.2. The normalized spacial score (nSPS) is 23.9. The average Bonchev–Trinajstić information content (AvgIpc) is 2.74. The van der Waals surface area contributed by atoms with E-state index in [9.17, 15) is 4.79 Å². The summed E-state index contributed by atoms with van der Waals surface area (Å²) in [5, 5.41) is 3.34. The molecule has 0 bridgehead atoms. The predicted octanol–water partition coefficient (Wildman–Crippen LogP) is 2.52. The van der Waals surface area contributed by atoms with Gasteiger partial charge in [-0.2, -0.15) is 0 Å². The lowest BCUT2D eigenvalue weighted by molar-refractivity contribution is -0.139. The van der Waals surface area contributed by atoms with E-state index >= 15 is 0 Å². The van der Waals surface area contributed by atoms with Crippen molar-refractivity contribution in [2.75, 3.05) is 19.6 Å². The minimum atomic E-state index is 0.185. The summed E-state index contributed by atoms with van der Waals surface area (Å²) in [5.41, 5.74) is 0. The summed E-state index contributed by atoms with van der Waals surface area (Å²) >= 11 is 0. The van der Waals surface area contributed by atoms with Crippen LogP contribution in [0.5, 0.6) is 0 Å². The van der Waals surface area contributed by atoms with E-state index in [0.29, 0.717) is 23.8 Å². The van der Waals surface area contributed by atoms with E-state index in [-0.39, 0.29) is 5.92 Å². The van der Waals surface area contributed by atoms with Crippen molar-refractivity contribution in [3.05, 3.63) is 0 Å². The number of carbonyl (C=O) groups excluding carboxylic acids is 1. The largest absolute Gasteiger partial charge is 0.339 e. The summed E-state index contributed by atoms with van der Waals surface area (Å²) in [5.74, 6) is 1.57. The Morgan fingerprint density at radius 3 is 2.28 bits per heavy atom. The lowest BCUT2D eigenvalue weighted by Gasteiger charge is -2.34. The number of hydrogen-bond acceptors (Lipinski definition) is 2. The number of carbonyl (C=O) groups is 1. The van der Waals surface area contributed by atoms with E-state index in [0.717, 1.165) is 32.5 Å². The molecule has 0 spiro atoms. The number of hydrogen-bond donors (Lipinski definition) is 1. The van der Waals surface area contributed by atoms with Crippen molar-refractivity contribution in [1.29, 1.82) is 0 Å². The molecule has 1 aliphatic heterocycles. The first kappa shape index (κ1) is 15.5. The van der Waals surface area contributed by atoms with Crippen LogP contribution >= 0.6 is 0 Å². The second-order valence-electron chi connectivity index (χ2n) is 6.10. The fourth-order valence-corrected chi connectivity index (χ4v) is 2.90. The van der Waals surface area contributed by atoms with Crippen LogP contribution in [0.25, 0.3) is 0 Å². The zero-order chi connectivity index (χ0) is 13.7. The molecule has 2 atom stereocenters. The van der Waals surface area contributed by atoms with Gasteiger partial charge in [-0.3, -0.25) is 4.79 Å². The molecule has 1 saturated heterocycles. The van der Waals surface area contributed by atoms with E-state index in [1.165, 1.54) is 0 Å². The zero-order valence-electron chi connectivity index (χ0n) is 12.7. The number of nitrogens with one attached hydrogen (secondary N) is 1. The topological polar surface area (TPSA) is 32.3 Å². The molecule has 0 aromatic rings. The molecule has 0 saturated carbocycles. The van der Waals surface area contributed by atoms with Crippen LogP contribution in [0.2, 0.25) is 0 Å². The van der Waals surface area contributed by atoms with Crippen LogP contribution in [0.15, 0.2) is 0 Å². The predicted molar refractivity (Wildman–Crippen MR) is 76.4 cm³/mol. The molecule has 1 amide bonds. The zero-order valence-corrected chi connectivity index (χ0v) is 12.7. The molecule has 3 nitrogen and oxygen atoms in total. The van der Waals surface area contributed by atoms with E-state index in [4.69, 9.17) is 0 Å². The van der Waals surface area contributed by atoms with Gasteiger partial charge in [0.2, 0.25) is 5.91 Å². The molecule has 0 aliphatic carbocycles. The Bertz CT molecular complexity index is 261. The van der Waals surface area contributed by atoms with Gasteiger partial charge in [0.1, 0.15) is 0 Å². The van der Waals surface area contributed by atoms with Gasteiger partial charge in [0, 0.05) is 19.1 Å². The second-order valence-corrected chi connectivity index (χ2v) is 6.10. The molecular formula is C15H30N2O. The third-order valence-electron chi connectivity index (χ3n) is 4.06. The van der Waals surface area contributed by atoms with Gasteiger partial charge in [0.05, 0.1) is 5.92 Å². The summed E-state index contributed by atoms with van der Waals surface area (Å²) in [7, 11) is 0. The van der Waals surface area contributed by atoms with Crippen LogP contribution in [-0.2, 0) is 4.79 Å². The Hall–Kier alpha value is -0.570. The SMILES string of the molecule is CCC(CC)N(CC(C)C)C(=O)[C@@H]1CNC[C@H]1C. The van der Waals surface area contributed by atoms with Gasteiger partial charge in [-0.15, -0.1) is 0 Å². The van der Waals surface area contributed by atoms with Gasteiger partial charge >= 0.3 is 0 Å². The lowest BCUT2D eigenvalue weighted by Crippen LogP contribution is -2.46. The van der Waals surface area contributed by atoms with Crippen molar-refractivity contribution >= 4 is 5.91 Å². The molecule has 3 heteroatoms. The van der Waals surface area contributed by atoms with E-state index in [1.807, 2.05) is 0 Å². The minimum absolute atomic E-state index is 0.185. The first-order chi connectivity index (χ1) is 8.51. The lowest BCUT2D eigenvalue weighted by atomic mass is 9.94. The summed E-state index contributed by atoms with van der Waals surface area (Å²) in [6, 6.07) is 0.410. The van der Waals surface area contributed by atoms with Gasteiger partial charge in [0.15, 0.2) is 0 Å². The summed E-state index contributed by atoms with van der Waals surface area (Å²) in [4.78, 5) is 14.9. The Morgan fingerprint density at radius 2 is 1.89 bits per heavy atom. The van der Waals surface area contributed by atoms with Crippen LogP contribution in [0.3, 0.4) is 0 Å². The maximum absolute atomic E-state index is 12.7. The Kier molecular flexibility index (Phi) is 6.13. The summed E-state index contributed by atoms with van der Waals surface area (Å²) in [6.45, 7) is 13.7. The highest BCUT2D eigenvalue weighted by Crippen LogP contribution is 2.22. The maximum atomic E-state index is 12.7. The van der Waals surface area contributed by atoms with Crippen LogP contribution in [0.4, 0.5) is 0 Å². The van der Waals surface area contributed by atoms with Crippen molar-refractivity contribution in [3.8, 4) is 0 Å². The monoisotopic (exact) mass is 254 g/mol. The first-order valence-corrected chi connectivity index (χ1v) is 7.52. The highest BCUT2D eigenvalue weighted by Gasteiger charge is 2.34. The van der Waals surface area contributed by atoms with Crippen molar-refractivity contribution in [3.63, 3.8) is 0 Å². The van der Waals surface area contributed by atoms with Crippen molar-refractivity contribution in [1.82, 2.24) is 10.2 Å². The van der Waals surface area contributed by atoms with Crippen molar-refractivity contribution in [2.24, 2.45) is 17.8 Å². The summed E-state index contributed by atoms with van der Waals surface area (Å²) in [6.07, 6.45) is 2.12. The van der Waals surface area contributed by atoms with Crippen LogP contribution in [0, 0.1) is 17.8 Å². The Labute approximate surface area is 112 Å². The molecule has 18 heavy (non-hydrogen) atoms. The minimum Gasteiger partial charge on any atom is -0.339 e. The molecule has 1 aliphatic rings. The molecule has 0 aromatic carbocycles. The number of rotatable bonds is 6. The fourth-order valence-electron chi connectivity index (χ4n) is 2.90. The van der Waals surface area contributed by atoms with Gasteiger partial charge in [0.25, 0.3) is 0 Å². The first-order valence-electron chi connectivity index (χ1n) is 7.52. The number of nitrogens with zero attached hydrogens (tertiary/aromatic N) is 1. The van der Waals surface area contributed by atoms with Crippen LogP contribution in [-0.4, -0.2) is 36.5 Å². The van der Waals surface area contributed by atoms with Crippen molar-refractivity contribution in [2.45, 2.75) is 53.5 Å². The summed E-state index contributed by atoms with van der Waals surface area (Å²) < 4.78 is 0. The average molecular weight is 254 g/mol.